The third-order valence-corrected chi connectivity index (χ3v) is 4.24. The first-order valence-electron chi connectivity index (χ1n) is 7.58. The average molecular weight is 324 g/mol. The van der Waals surface area contributed by atoms with Gasteiger partial charge < -0.3 is 10.0 Å². The molecule has 1 heterocycles. The molecule has 1 atom stereocenters. The number of carbonyl (C=O) groups excluding carboxylic acids is 1. The van der Waals surface area contributed by atoms with Crippen molar-refractivity contribution >= 4 is 11.6 Å². The number of amides is 1. The van der Waals surface area contributed by atoms with E-state index in [1.54, 1.807) is 7.05 Å². The Morgan fingerprint density at radius 3 is 2.42 bits per heavy atom. The number of hydrogen-bond acceptors (Lipinski definition) is 3. The van der Waals surface area contributed by atoms with Crippen LogP contribution < -0.4 is 0 Å². The Morgan fingerprint density at radius 1 is 1.17 bits per heavy atom. The summed E-state index contributed by atoms with van der Waals surface area (Å²) in [6, 6.07) is 14.5. The Labute approximate surface area is 139 Å². The zero-order chi connectivity index (χ0) is 17.3. The summed E-state index contributed by atoms with van der Waals surface area (Å²) < 4.78 is 13.0. The second-order valence-electron chi connectivity index (χ2n) is 5.75. The van der Waals surface area contributed by atoms with Crippen molar-refractivity contribution < 1.29 is 14.3 Å². The molecule has 2 aromatic rings. The summed E-state index contributed by atoms with van der Waals surface area (Å²) in [5.41, 5.74) is 1.18. The molecule has 0 spiro atoms. The topological polar surface area (TPSA) is 64.4 Å². The van der Waals surface area contributed by atoms with Crippen molar-refractivity contribution in [3.8, 4) is 0 Å². The van der Waals surface area contributed by atoms with E-state index < -0.39 is 11.7 Å². The fraction of sp³-hybridized carbons (Fsp3) is 0.158. The van der Waals surface area contributed by atoms with Crippen LogP contribution in [0.15, 0.2) is 65.9 Å². The molecule has 2 aromatic carbocycles. The van der Waals surface area contributed by atoms with Gasteiger partial charge in [0.1, 0.15) is 17.1 Å². The van der Waals surface area contributed by atoms with Gasteiger partial charge >= 0.3 is 0 Å². The molecule has 0 saturated heterocycles. The quantitative estimate of drug-likeness (QED) is 0.847. The number of rotatable bonds is 3. The van der Waals surface area contributed by atoms with E-state index >= 15 is 0 Å². The van der Waals surface area contributed by atoms with Gasteiger partial charge in [-0.2, -0.15) is 0 Å². The minimum Gasteiger partial charge on any atom is -0.511 e. The van der Waals surface area contributed by atoms with Gasteiger partial charge in [0, 0.05) is 19.0 Å². The standard InChI is InChI=1S/C19H17FN2O2/c1-22-15(12-5-3-2-4-6-12)11-16(23)17(19(22)24)18(21)13-7-9-14(20)10-8-13/h2-10,15,21,23H,11H2,1H3. The van der Waals surface area contributed by atoms with Crippen molar-refractivity contribution in [2.75, 3.05) is 7.05 Å². The average Bonchev–Trinajstić information content (AvgIpc) is 2.59. The molecule has 1 aliphatic rings. The highest BCUT2D eigenvalue weighted by Crippen LogP contribution is 2.33. The predicted octanol–water partition coefficient (Wildman–Crippen LogP) is 3.61. The minimum absolute atomic E-state index is 0.0312. The third-order valence-electron chi connectivity index (χ3n) is 4.24. The number of aliphatic hydroxyl groups excluding tert-OH is 1. The van der Waals surface area contributed by atoms with Crippen molar-refractivity contribution in [1.82, 2.24) is 4.90 Å². The van der Waals surface area contributed by atoms with Gasteiger partial charge in [-0.3, -0.25) is 10.2 Å². The maximum Gasteiger partial charge on any atom is 0.259 e. The van der Waals surface area contributed by atoms with Crippen LogP contribution in [0.3, 0.4) is 0 Å². The Hall–Kier alpha value is -2.95. The fourth-order valence-corrected chi connectivity index (χ4v) is 2.89. The molecule has 4 nitrogen and oxygen atoms in total. The second-order valence-corrected chi connectivity index (χ2v) is 5.75. The van der Waals surface area contributed by atoms with Crippen molar-refractivity contribution in [3.05, 3.63) is 82.9 Å². The van der Waals surface area contributed by atoms with Crippen LogP contribution in [0, 0.1) is 11.2 Å². The molecular weight excluding hydrogens is 307 g/mol. The van der Waals surface area contributed by atoms with Crippen LogP contribution in [0.2, 0.25) is 0 Å². The summed E-state index contributed by atoms with van der Waals surface area (Å²) in [7, 11) is 1.66. The highest BCUT2D eigenvalue weighted by atomic mass is 19.1. The van der Waals surface area contributed by atoms with Crippen LogP contribution in [0.5, 0.6) is 0 Å². The van der Waals surface area contributed by atoms with Crippen LogP contribution in [-0.2, 0) is 4.79 Å². The van der Waals surface area contributed by atoms with Crippen molar-refractivity contribution in [1.29, 1.82) is 5.41 Å². The first-order chi connectivity index (χ1) is 11.5. The fourth-order valence-electron chi connectivity index (χ4n) is 2.89. The largest absolute Gasteiger partial charge is 0.511 e. The van der Waals surface area contributed by atoms with Crippen LogP contribution in [0.25, 0.3) is 0 Å². The molecule has 1 amide bonds. The van der Waals surface area contributed by atoms with E-state index in [0.29, 0.717) is 5.56 Å². The first-order valence-corrected chi connectivity index (χ1v) is 7.58. The number of benzene rings is 2. The molecule has 2 N–H and O–H groups in total. The van der Waals surface area contributed by atoms with Gasteiger partial charge in [0.2, 0.25) is 0 Å². The van der Waals surface area contributed by atoms with Crippen LogP contribution >= 0.6 is 0 Å². The number of nitrogens with one attached hydrogen (secondary N) is 1. The molecule has 1 unspecified atom stereocenters. The number of halogens is 1. The van der Waals surface area contributed by atoms with Gasteiger partial charge in [-0.05, 0) is 29.8 Å². The molecular formula is C19H17FN2O2. The summed E-state index contributed by atoms with van der Waals surface area (Å²) in [6.07, 6.45) is 0.241. The molecule has 0 fully saturated rings. The lowest BCUT2D eigenvalue weighted by molar-refractivity contribution is -0.128. The molecule has 0 aromatic heterocycles. The van der Waals surface area contributed by atoms with Gasteiger partial charge in [-0.25, -0.2) is 4.39 Å². The van der Waals surface area contributed by atoms with Crippen LogP contribution in [-0.4, -0.2) is 28.7 Å². The van der Waals surface area contributed by atoms with E-state index in [0.717, 1.165) is 5.56 Å². The van der Waals surface area contributed by atoms with E-state index in [1.165, 1.54) is 29.2 Å². The highest BCUT2D eigenvalue weighted by Gasteiger charge is 2.35. The SMILES string of the molecule is CN1C(=O)C(C(=N)c2ccc(F)cc2)=C(O)CC1c1ccccc1. The summed E-state index contributed by atoms with van der Waals surface area (Å²) in [6.45, 7) is 0. The summed E-state index contributed by atoms with van der Waals surface area (Å²) in [5, 5.41) is 18.6. The molecule has 3 rings (SSSR count). The van der Waals surface area contributed by atoms with E-state index in [9.17, 15) is 14.3 Å². The number of likely N-dealkylation sites (N-methyl/N-ethyl adjacent to an activating group) is 1. The van der Waals surface area contributed by atoms with Gasteiger partial charge in [-0.1, -0.05) is 30.3 Å². The normalized spacial score (nSPS) is 18.0. The monoisotopic (exact) mass is 324 g/mol. The van der Waals surface area contributed by atoms with Gasteiger partial charge in [0.15, 0.2) is 0 Å². The Balaban J connectivity index is 1.96. The lowest BCUT2D eigenvalue weighted by Gasteiger charge is -2.34. The molecule has 0 saturated carbocycles. The van der Waals surface area contributed by atoms with E-state index in [1.807, 2.05) is 30.3 Å². The third kappa shape index (κ3) is 2.80. The number of nitrogens with zero attached hydrogens (tertiary/aromatic N) is 1. The molecule has 0 bridgehead atoms. The van der Waals surface area contributed by atoms with Gasteiger partial charge in [-0.15, -0.1) is 0 Å². The summed E-state index contributed by atoms with van der Waals surface area (Å²) in [5.74, 6) is -0.941. The molecule has 0 aliphatic carbocycles. The lowest BCUT2D eigenvalue weighted by Crippen LogP contribution is -2.39. The first kappa shape index (κ1) is 15.9. The summed E-state index contributed by atoms with van der Waals surface area (Å²) in [4.78, 5) is 14.2. The van der Waals surface area contributed by atoms with Crippen LogP contribution in [0.4, 0.5) is 4.39 Å². The van der Waals surface area contributed by atoms with Gasteiger partial charge in [0.05, 0.1) is 11.8 Å². The molecule has 5 heteroatoms. The van der Waals surface area contributed by atoms with Gasteiger partial charge in [0.25, 0.3) is 5.91 Å². The van der Waals surface area contributed by atoms with Crippen molar-refractivity contribution in [2.45, 2.75) is 12.5 Å². The van der Waals surface area contributed by atoms with Crippen molar-refractivity contribution in [3.63, 3.8) is 0 Å². The highest BCUT2D eigenvalue weighted by molar-refractivity contribution is 6.27. The minimum atomic E-state index is -0.416. The smallest absolute Gasteiger partial charge is 0.259 e. The predicted molar refractivity (Wildman–Crippen MR) is 89.5 cm³/mol. The Bertz CT molecular complexity index is 813. The Morgan fingerprint density at radius 2 is 1.79 bits per heavy atom. The number of aliphatic hydroxyl groups is 1. The van der Waals surface area contributed by atoms with E-state index in [-0.39, 0.29) is 29.5 Å². The van der Waals surface area contributed by atoms with Crippen molar-refractivity contribution in [2.24, 2.45) is 0 Å². The molecule has 0 radical (unpaired) electrons. The van der Waals surface area contributed by atoms with Crippen LogP contribution in [0.1, 0.15) is 23.6 Å². The maximum absolute atomic E-state index is 13.0. The molecule has 1 aliphatic heterocycles. The molecule has 24 heavy (non-hydrogen) atoms. The zero-order valence-corrected chi connectivity index (χ0v) is 13.2. The summed E-state index contributed by atoms with van der Waals surface area (Å²) >= 11 is 0. The van der Waals surface area contributed by atoms with E-state index in [4.69, 9.17) is 5.41 Å². The zero-order valence-electron chi connectivity index (χ0n) is 13.2. The number of hydrogen-bond donors (Lipinski definition) is 2. The lowest BCUT2D eigenvalue weighted by atomic mass is 9.90. The number of carbonyl (C=O) groups is 1. The van der Waals surface area contributed by atoms with E-state index in [2.05, 4.69) is 0 Å². The maximum atomic E-state index is 13.0. The molecule has 122 valence electrons. The second kappa shape index (κ2) is 6.28. The Kier molecular flexibility index (Phi) is 4.16.